The molecular formula is C62H36N2S2. The van der Waals surface area contributed by atoms with Crippen molar-refractivity contribution in [2.75, 3.05) is 0 Å². The van der Waals surface area contributed by atoms with Crippen LogP contribution in [-0.4, -0.2) is 9.97 Å². The maximum atomic E-state index is 5.74. The molecule has 3 aromatic heterocycles. The molecule has 0 bridgehead atoms. The summed E-state index contributed by atoms with van der Waals surface area (Å²) in [4.78, 5) is 11.5. The molecule has 0 unspecified atom stereocenters. The van der Waals surface area contributed by atoms with Gasteiger partial charge in [0.15, 0.2) is 5.82 Å². The summed E-state index contributed by atoms with van der Waals surface area (Å²) in [7, 11) is 0. The third-order valence-electron chi connectivity index (χ3n) is 13.5. The van der Waals surface area contributed by atoms with Gasteiger partial charge in [-0.3, -0.25) is 0 Å². The topological polar surface area (TPSA) is 25.8 Å². The lowest BCUT2D eigenvalue weighted by molar-refractivity contribution is 1.19. The van der Waals surface area contributed by atoms with Crippen molar-refractivity contribution in [2.45, 2.75) is 0 Å². The van der Waals surface area contributed by atoms with Crippen LogP contribution in [0.3, 0.4) is 0 Å². The molecule has 0 fully saturated rings. The lowest BCUT2D eigenvalue weighted by Crippen LogP contribution is -1.99. The molecule has 2 nitrogen and oxygen atoms in total. The predicted octanol–water partition coefficient (Wildman–Crippen LogP) is 18.2. The van der Waals surface area contributed by atoms with Gasteiger partial charge in [0.05, 0.1) is 11.4 Å². The van der Waals surface area contributed by atoms with Gasteiger partial charge in [-0.2, -0.15) is 0 Å². The highest BCUT2D eigenvalue weighted by Crippen LogP contribution is 2.50. The number of nitrogens with zero attached hydrogens (tertiary/aromatic N) is 2. The van der Waals surface area contributed by atoms with Crippen LogP contribution < -0.4 is 0 Å². The monoisotopic (exact) mass is 872 g/mol. The van der Waals surface area contributed by atoms with Crippen molar-refractivity contribution in [3.05, 3.63) is 218 Å². The van der Waals surface area contributed by atoms with Gasteiger partial charge >= 0.3 is 0 Å². The van der Waals surface area contributed by atoms with E-state index in [9.17, 15) is 0 Å². The van der Waals surface area contributed by atoms with Crippen molar-refractivity contribution in [3.63, 3.8) is 0 Å². The van der Waals surface area contributed by atoms with E-state index in [1.165, 1.54) is 89.4 Å². The molecule has 66 heavy (non-hydrogen) atoms. The van der Waals surface area contributed by atoms with E-state index in [4.69, 9.17) is 9.97 Å². The molecule has 0 spiro atoms. The van der Waals surface area contributed by atoms with Crippen LogP contribution in [-0.2, 0) is 0 Å². The predicted molar refractivity (Wildman–Crippen MR) is 285 cm³/mol. The van der Waals surface area contributed by atoms with E-state index in [1.54, 1.807) is 0 Å². The zero-order chi connectivity index (χ0) is 43.3. The molecule has 14 aromatic rings. The first kappa shape index (κ1) is 37.4. The van der Waals surface area contributed by atoms with Gasteiger partial charge in [-0.15, -0.1) is 22.7 Å². The van der Waals surface area contributed by atoms with Crippen LogP contribution >= 0.6 is 22.7 Å². The Labute approximate surface area is 388 Å². The van der Waals surface area contributed by atoms with Crippen molar-refractivity contribution in [1.29, 1.82) is 0 Å². The minimum atomic E-state index is 0.705. The molecule has 0 radical (unpaired) electrons. The minimum Gasteiger partial charge on any atom is -0.228 e. The van der Waals surface area contributed by atoms with Crippen LogP contribution in [0.1, 0.15) is 0 Å². The summed E-state index contributed by atoms with van der Waals surface area (Å²) in [5, 5.41) is 14.6. The standard InChI is InChI=1S/C62H36N2S2/c1-3-19-39-37(16-1)18-13-27-43(39)57-44-23-5-7-25-46(44)58(47-26-8-6-24-45(47)57)52-35-34-38-17-2-4-20-40(38)59(52)62-63-53(50-30-14-28-48-41-21-9-11-32-55(41)65-60(48)50)36-54(64-62)51-31-15-29-49-42-22-10-12-33-56(42)66-61(49)51/h1-36H. The number of aromatic nitrogens is 2. The summed E-state index contributed by atoms with van der Waals surface area (Å²) < 4.78 is 5.00. The Bertz CT molecular complexity index is 4110. The van der Waals surface area contributed by atoms with Gasteiger partial charge in [0.1, 0.15) is 0 Å². The largest absolute Gasteiger partial charge is 0.228 e. The quantitative estimate of drug-likeness (QED) is 0.161. The lowest BCUT2D eigenvalue weighted by Gasteiger charge is -2.21. The van der Waals surface area contributed by atoms with Crippen LogP contribution in [0.15, 0.2) is 218 Å². The molecule has 0 saturated heterocycles. The smallest absolute Gasteiger partial charge is 0.161 e. The summed E-state index contributed by atoms with van der Waals surface area (Å²) in [6.07, 6.45) is 0. The van der Waals surface area contributed by atoms with Crippen molar-refractivity contribution >= 4 is 106 Å². The normalized spacial score (nSPS) is 11.9. The SMILES string of the molecule is c1ccc2c(-c3c4ccccc4c(-c4ccc5ccccc5c4-c4nc(-c5cccc6c5sc5ccccc56)cc(-c5cccc6c5sc5ccccc56)n4)c4ccccc34)cccc2c1. The first-order chi connectivity index (χ1) is 32.7. The van der Waals surface area contributed by atoms with E-state index in [0.29, 0.717) is 5.82 Å². The number of fused-ring (bicyclic) bond motifs is 10. The van der Waals surface area contributed by atoms with Crippen LogP contribution in [0.2, 0.25) is 0 Å². The number of benzene rings is 11. The number of thiophene rings is 2. The first-order valence-corrected chi connectivity index (χ1v) is 24.0. The molecule has 306 valence electrons. The van der Waals surface area contributed by atoms with Crippen LogP contribution in [0.4, 0.5) is 0 Å². The molecule has 4 heteroatoms. The maximum absolute atomic E-state index is 5.74. The zero-order valence-corrected chi connectivity index (χ0v) is 37.1. The number of hydrogen-bond donors (Lipinski definition) is 0. The Balaban J connectivity index is 1.11. The molecule has 3 heterocycles. The van der Waals surface area contributed by atoms with E-state index < -0.39 is 0 Å². The van der Waals surface area contributed by atoms with Crippen molar-refractivity contribution in [3.8, 4) is 56.2 Å². The second-order valence-electron chi connectivity index (χ2n) is 17.1. The maximum Gasteiger partial charge on any atom is 0.161 e. The molecule has 0 N–H and O–H groups in total. The summed E-state index contributed by atoms with van der Waals surface area (Å²) in [6.45, 7) is 0. The van der Waals surface area contributed by atoms with E-state index in [2.05, 4.69) is 218 Å². The summed E-state index contributed by atoms with van der Waals surface area (Å²) in [5.41, 5.74) is 9.83. The Morgan fingerprint density at radius 2 is 0.652 bits per heavy atom. The fourth-order valence-corrected chi connectivity index (χ4v) is 13.1. The van der Waals surface area contributed by atoms with E-state index in [-0.39, 0.29) is 0 Å². The lowest BCUT2D eigenvalue weighted by atomic mass is 9.83. The van der Waals surface area contributed by atoms with Gasteiger partial charge in [-0.1, -0.05) is 200 Å². The Hall–Kier alpha value is -8.02. The molecule has 0 amide bonds. The molecule has 0 aliphatic carbocycles. The molecular weight excluding hydrogens is 837 g/mol. The third kappa shape index (κ3) is 5.66. The van der Waals surface area contributed by atoms with Crippen LogP contribution in [0.25, 0.3) is 140 Å². The summed E-state index contributed by atoms with van der Waals surface area (Å²) in [6, 6.07) is 79.7. The average molecular weight is 873 g/mol. The molecule has 0 aliphatic rings. The zero-order valence-electron chi connectivity index (χ0n) is 35.5. The van der Waals surface area contributed by atoms with E-state index in [1.807, 2.05) is 22.7 Å². The second-order valence-corrected chi connectivity index (χ2v) is 19.2. The third-order valence-corrected chi connectivity index (χ3v) is 15.9. The van der Waals surface area contributed by atoms with Gasteiger partial charge in [0, 0.05) is 57.0 Å². The molecule has 0 saturated carbocycles. The van der Waals surface area contributed by atoms with E-state index >= 15 is 0 Å². The van der Waals surface area contributed by atoms with Gasteiger partial charge in [0.25, 0.3) is 0 Å². The molecule has 0 aliphatic heterocycles. The first-order valence-electron chi connectivity index (χ1n) is 22.4. The van der Waals surface area contributed by atoms with Crippen molar-refractivity contribution < 1.29 is 0 Å². The average Bonchev–Trinajstić information content (AvgIpc) is 3.96. The summed E-state index contributed by atoms with van der Waals surface area (Å²) in [5.74, 6) is 0.705. The van der Waals surface area contributed by atoms with Gasteiger partial charge in [-0.25, -0.2) is 9.97 Å². The Morgan fingerprint density at radius 1 is 0.258 bits per heavy atom. The van der Waals surface area contributed by atoms with E-state index in [0.717, 1.165) is 44.4 Å². The summed E-state index contributed by atoms with van der Waals surface area (Å²) >= 11 is 3.68. The van der Waals surface area contributed by atoms with Gasteiger partial charge in [0.2, 0.25) is 0 Å². The second kappa shape index (κ2) is 14.8. The van der Waals surface area contributed by atoms with Crippen LogP contribution in [0.5, 0.6) is 0 Å². The highest BCUT2D eigenvalue weighted by Gasteiger charge is 2.24. The van der Waals surface area contributed by atoms with Crippen molar-refractivity contribution in [1.82, 2.24) is 9.97 Å². The fraction of sp³-hybridized carbons (Fsp3) is 0. The molecule has 11 aromatic carbocycles. The highest BCUT2D eigenvalue weighted by molar-refractivity contribution is 7.26. The highest BCUT2D eigenvalue weighted by atomic mass is 32.1. The minimum absolute atomic E-state index is 0.705. The Kier molecular flexibility index (Phi) is 8.36. The van der Waals surface area contributed by atoms with Crippen molar-refractivity contribution in [2.24, 2.45) is 0 Å². The van der Waals surface area contributed by atoms with Gasteiger partial charge < -0.3 is 0 Å². The van der Waals surface area contributed by atoms with Crippen LogP contribution in [0, 0.1) is 0 Å². The van der Waals surface area contributed by atoms with Gasteiger partial charge in [-0.05, 0) is 83.5 Å². The number of rotatable bonds is 5. The molecule has 0 atom stereocenters. The number of hydrogen-bond acceptors (Lipinski definition) is 4. The molecule has 14 rings (SSSR count). The fourth-order valence-electron chi connectivity index (χ4n) is 10.6. The Morgan fingerprint density at radius 3 is 1.21 bits per heavy atom.